The van der Waals surface area contributed by atoms with Crippen molar-refractivity contribution in [1.29, 1.82) is 0 Å². The summed E-state index contributed by atoms with van der Waals surface area (Å²) in [6, 6.07) is 9.96. The molecule has 1 aromatic carbocycles. The maximum Gasteiger partial charge on any atom is 0.187 e. The van der Waals surface area contributed by atoms with E-state index in [4.69, 9.17) is 9.72 Å². The van der Waals surface area contributed by atoms with Crippen LogP contribution in [0.15, 0.2) is 60.3 Å². The molecule has 0 atom stereocenters. The van der Waals surface area contributed by atoms with Crippen LogP contribution in [0.2, 0.25) is 0 Å². The smallest absolute Gasteiger partial charge is 0.187 e. The predicted molar refractivity (Wildman–Crippen MR) is 102 cm³/mol. The summed E-state index contributed by atoms with van der Waals surface area (Å²) in [6.07, 6.45) is 9.29. The van der Waals surface area contributed by atoms with Gasteiger partial charge in [-0.25, -0.2) is 15.0 Å². The maximum absolute atomic E-state index is 5.49. The molecule has 0 bridgehead atoms. The molecule has 26 heavy (non-hydrogen) atoms. The monoisotopic (exact) mass is 363 g/mol. The van der Waals surface area contributed by atoms with Crippen LogP contribution >= 0.6 is 11.8 Å². The summed E-state index contributed by atoms with van der Waals surface area (Å²) in [4.78, 5) is 13.7. The van der Waals surface area contributed by atoms with Gasteiger partial charge in [-0.05, 0) is 24.5 Å². The van der Waals surface area contributed by atoms with Crippen LogP contribution in [0.3, 0.4) is 0 Å². The van der Waals surface area contributed by atoms with Crippen LogP contribution in [0.5, 0.6) is 5.75 Å². The first kappa shape index (κ1) is 16.5. The van der Waals surface area contributed by atoms with Gasteiger partial charge in [-0.2, -0.15) is 5.10 Å². The van der Waals surface area contributed by atoms with Gasteiger partial charge in [0.2, 0.25) is 0 Å². The summed E-state index contributed by atoms with van der Waals surface area (Å²) in [6.45, 7) is 0.618. The van der Waals surface area contributed by atoms with Gasteiger partial charge >= 0.3 is 0 Å². The largest absolute Gasteiger partial charge is 0.494 e. The Kier molecular flexibility index (Phi) is 4.53. The molecule has 6 nitrogen and oxygen atoms in total. The molecule has 0 unspecified atom stereocenters. The first-order chi connectivity index (χ1) is 12.8. The van der Waals surface area contributed by atoms with Crippen molar-refractivity contribution in [2.24, 2.45) is 0 Å². The number of hydrogen-bond donors (Lipinski definition) is 0. The highest BCUT2D eigenvalue weighted by Gasteiger charge is 2.13. The number of fused-ring (bicyclic) bond motifs is 1. The van der Waals surface area contributed by atoms with Gasteiger partial charge in [-0.1, -0.05) is 23.9 Å². The number of pyridine rings is 1. The fourth-order valence-corrected chi connectivity index (χ4v) is 3.18. The van der Waals surface area contributed by atoms with Gasteiger partial charge in [0.05, 0.1) is 19.3 Å². The number of hydrogen-bond acceptors (Lipinski definition) is 6. The Morgan fingerprint density at radius 1 is 1.15 bits per heavy atom. The van der Waals surface area contributed by atoms with E-state index in [9.17, 15) is 0 Å². The van der Waals surface area contributed by atoms with Gasteiger partial charge in [0.25, 0.3) is 0 Å². The third kappa shape index (κ3) is 3.13. The Balaban J connectivity index is 1.90. The first-order valence-corrected chi connectivity index (χ1v) is 9.31. The van der Waals surface area contributed by atoms with Crippen molar-refractivity contribution in [2.45, 2.75) is 11.7 Å². The van der Waals surface area contributed by atoms with E-state index in [2.05, 4.69) is 21.1 Å². The van der Waals surface area contributed by atoms with E-state index < -0.39 is 0 Å². The fourth-order valence-electron chi connectivity index (χ4n) is 2.86. The quantitative estimate of drug-likeness (QED) is 0.398. The zero-order valence-corrected chi connectivity index (χ0v) is 15.3. The van der Waals surface area contributed by atoms with Crippen molar-refractivity contribution in [3.05, 3.63) is 60.7 Å². The molecule has 0 spiro atoms. The third-order valence-electron chi connectivity index (χ3n) is 4.08. The van der Waals surface area contributed by atoms with Gasteiger partial charge < -0.3 is 4.74 Å². The van der Waals surface area contributed by atoms with E-state index >= 15 is 0 Å². The lowest BCUT2D eigenvalue weighted by molar-refractivity contribution is 0.419. The molecule has 130 valence electrons. The molecule has 4 aromatic rings. The van der Waals surface area contributed by atoms with Gasteiger partial charge in [-0.3, -0.25) is 4.68 Å². The highest BCUT2D eigenvalue weighted by Crippen LogP contribution is 2.30. The van der Waals surface area contributed by atoms with Crippen molar-refractivity contribution >= 4 is 22.7 Å². The van der Waals surface area contributed by atoms with E-state index in [1.165, 1.54) is 11.8 Å². The topological polar surface area (TPSA) is 65.7 Å². The molecule has 0 amide bonds. The van der Waals surface area contributed by atoms with Crippen LogP contribution < -0.4 is 4.74 Å². The number of ether oxygens (including phenoxy) is 1. The van der Waals surface area contributed by atoms with E-state index in [0.29, 0.717) is 6.54 Å². The van der Waals surface area contributed by atoms with Gasteiger partial charge in [0.1, 0.15) is 11.3 Å². The second-order valence-corrected chi connectivity index (χ2v) is 6.46. The first-order valence-electron chi connectivity index (χ1n) is 8.09. The Morgan fingerprint density at radius 3 is 2.69 bits per heavy atom. The van der Waals surface area contributed by atoms with E-state index in [1.807, 2.05) is 53.8 Å². The van der Waals surface area contributed by atoms with Crippen LogP contribution in [0.25, 0.3) is 22.2 Å². The lowest BCUT2D eigenvalue weighted by atomic mass is 10.0. The SMILES string of the molecule is COc1cccc2cc(Cn3cccn3)c(-c3cnc(SC)nc3)nc12. The Morgan fingerprint density at radius 2 is 2.00 bits per heavy atom. The van der Waals surface area contributed by atoms with E-state index in [0.717, 1.165) is 38.6 Å². The maximum atomic E-state index is 5.49. The van der Waals surface area contributed by atoms with Crippen molar-refractivity contribution in [3.63, 3.8) is 0 Å². The number of methoxy groups -OCH3 is 1. The Bertz CT molecular complexity index is 1030. The van der Waals surface area contributed by atoms with Crippen molar-refractivity contribution in [1.82, 2.24) is 24.7 Å². The van der Waals surface area contributed by atoms with Gasteiger partial charge in [0.15, 0.2) is 5.16 Å². The number of para-hydroxylation sites is 1. The minimum atomic E-state index is 0.618. The molecule has 0 aliphatic heterocycles. The molecule has 0 fully saturated rings. The summed E-state index contributed by atoms with van der Waals surface area (Å²) < 4.78 is 7.36. The van der Waals surface area contributed by atoms with Crippen LogP contribution in [0, 0.1) is 0 Å². The number of nitrogens with zero attached hydrogens (tertiary/aromatic N) is 5. The predicted octanol–water partition coefficient (Wildman–Crippen LogP) is 3.67. The second-order valence-electron chi connectivity index (χ2n) is 5.69. The van der Waals surface area contributed by atoms with Crippen molar-refractivity contribution in [3.8, 4) is 17.0 Å². The van der Waals surface area contributed by atoms with E-state index in [-0.39, 0.29) is 0 Å². The average Bonchev–Trinajstić information content (AvgIpc) is 3.20. The fraction of sp³-hybridized carbons (Fsp3) is 0.158. The summed E-state index contributed by atoms with van der Waals surface area (Å²) in [5, 5.41) is 6.08. The molecule has 0 N–H and O–H groups in total. The molecule has 3 heterocycles. The van der Waals surface area contributed by atoms with Crippen LogP contribution in [-0.2, 0) is 6.54 Å². The summed E-state index contributed by atoms with van der Waals surface area (Å²) in [7, 11) is 1.66. The van der Waals surface area contributed by atoms with Crippen LogP contribution in [-0.4, -0.2) is 38.1 Å². The highest BCUT2D eigenvalue weighted by molar-refractivity contribution is 7.98. The lowest BCUT2D eigenvalue weighted by Crippen LogP contribution is -2.04. The molecule has 0 saturated carbocycles. The number of benzene rings is 1. The summed E-state index contributed by atoms with van der Waals surface area (Å²) in [5.74, 6) is 0.746. The average molecular weight is 363 g/mol. The Labute approximate surface area is 155 Å². The highest BCUT2D eigenvalue weighted by atomic mass is 32.2. The van der Waals surface area contributed by atoms with Crippen LogP contribution in [0.4, 0.5) is 0 Å². The number of rotatable bonds is 5. The molecule has 0 aliphatic rings. The minimum absolute atomic E-state index is 0.618. The molecule has 0 radical (unpaired) electrons. The van der Waals surface area contributed by atoms with Crippen molar-refractivity contribution in [2.75, 3.05) is 13.4 Å². The summed E-state index contributed by atoms with van der Waals surface area (Å²) in [5.41, 5.74) is 3.58. The molecular formula is C19H17N5OS. The van der Waals surface area contributed by atoms with E-state index in [1.54, 1.807) is 13.3 Å². The lowest BCUT2D eigenvalue weighted by Gasteiger charge is -2.13. The standard InChI is InChI=1S/C19H17N5OS/c1-25-16-6-3-5-13-9-14(12-24-8-4-7-22-24)17(23-18(13)16)15-10-20-19(26-2)21-11-15/h3-11H,12H2,1-2H3. The molecular weight excluding hydrogens is 346 g/mol. The minimum Gasteiger partial charge on any atom is -0.494 e. The molecule has 7 heteroatoms. The molecule has 3 aromatic heterocycles. The number of aromatic nitrogens is 5. The molecule has 0 aliphatic carbocycles. The van der Waals surface area contributed by atoms with Crippen LogP contribution in [0.1, 0.15) is 5.56 Å². The van der Waals surface area contributed by atoms with Crippen molar-refractivity contribution < 1.29 is 4.74 Å². The molecule has 4 rings (SSSR count). The molecule has 0 saturated heterocycles. The van der Waals surface area contributed by atoms with Gasteiger partial charge in [0, 0.05) is 41.3 Å². The van der Waals surface area contributed by atoms with Gasteiger partial charge in [-0.15, -0.1) is 0 Å². The zero-order chi connectivity index (χ0) is 17.9. The zero-order valence-electron chi connectivity index (χ0n) is 14.5. The third-order valence-corrected chi connectivity index (χ3v) is 4.66. The normalized spacial score (nSPS) is 11.0. The second kappa shape index (κ2) is 7.13. The summed E-state index contributed by atoms with van der Waals surface area (Å²) >= 11 is 1.51. The number of thioether (sulfide) groups is 1. The Hall–Kier alpha value is -2.93.